The number of aromatic amines is 1. The summed E-state index contributed by atoms with van der Waals surface area (Å²) in [5, 5.41) is 8.34. The predicted octanol–water partition coefficient (Wildman–Crippen LogP) is 15.8. The van der Waals surface area contributed by atoms with E-state index < -0.39 is 0 Å². The third-order valence-electron chi connectivity index (χ3n) is 11.0. The number of fused-ring (bicyclic) bond motifs is 9. The van der Waals surface area contributed by atoms with Crippen LogP contribution in [0.3, 0.4) is 0 Å². The van der Waals surface area contributed by atoms with E-state index in [-0.39, 0.29) is 0 Å². The molecule has 0 unspecified atom stereocenters. The van der Waals surface area contributed by atoms with Crippen molar-refractivity contribution in [2.45, 2.75) is 155 Å². The maximum Gasteiger partial charge on any atom is 0.0545 e. The van der Waals surface area contributed by atoms with Gasteiger partial charge in [0.15, 0.2) is 0 Å². The minimum absolute atomic E-state index is 1.19. The number of nitrogens with one attached hydrogen (secondary N) is 1. The molecule has 0 saturated heterocycles. The lowest BCUT2D eigenvalue weighted by molar-refractivity contribution is 0.556. The highest BCUT2D eigenvalue weighted by Crippen LogP contribution is 2.41. The smallest absolute Gasteiger partial charge is 0.0545 e. The number of benzene rings is 4. The van der Waals surface area contributed by atoms with Gasteiger partial charge in [0, 0.05) is 47.2 Å². The maximum absolute atomic E-state index is 3.82. The Hall–Kier alpha value is -2.84. The number of H-pyrrole nitrogens is 1. The van der Waals surface area contributed by atoms with Gasteiger partial charge in [0.25, 0.3) is 0 Å². The molecule has 48 heavy (non-hydrogen) atoms. The van der Waals surface area contributed by atoms with Crippen molar-refractivity contribution >= 4 is 64.1 Å². The first-order chi connectivity index (χ1) is 23.8. The molecule has 0 bridgehead atoms. The SMILES string of the molecule is CCCCCCCCCCCCc1ccc2[nH]c3c(ccc4c3ccc3c5cc(CCCCCCCCCCCC)ccc5sc34)c2c1. The van der Waals surface area contributed by atoms with Crippen molar-refractivity contribution < 1.29 is 0 Å². The van der Waals surface area contributed by atoms with Gasteiger partial charge < -0.3 is 4.98 Å². The number of hydrogen-bond acceptors (Lipinski definition) is 1. The Kier molecular flexibility index (Phi) is 13.3. The van der Waals surface area contributed by atoms with Gasteiger partial charge in [-0.2, -0.15) is 0 Å². The number of aryl methyl sites for hydroxylation is 2. The summed E-state index contributed by atoms with van der Waals surface area (Å²) in [4.78, 5) is 3.82. The fraction of sp³-hybridized carbons (Fsp3) is 0.522. The standard InChI is InChI=1S/C46H61NS/c1-3-5-7-9-11-13-15-17-19-21-23-35-25-31-43-41(33-35)38-28-29-39-37(45(38)47-43)27-30-40-42-34-36(26-32-44(42)48-46(39)40)24-22-20-18-16-14-12-10-8-6-4-2/h25-34,47H,3-24H2,1-2H3. The van der Waals surface area contributed by atoms with Gasteiger partial charge >= 0.3 is 0 Å². The minimum atomic E-state index is 1.19. The van der Waals surface area contributed by atoms with Crippen LogP contribution in [-0.4, -0.2) is 4.98 Å². The van der Waals surface area contributed by atoms with Crippen molar-refractivity contribution in [1.82, 2.24) is 4.98 Å². The number of unbranched alkanes of at least 4 members (excludes halogenated alkanes) is 18. The quantitative estimate of drug-likeness (QED) is 0.0698. The Morgan fingerprint density at radius 3 is 1.42 bits per heavy atom. The molecule has 2 heterocycles. The molecule has 256 valence electrons. The van der Waals surface area contributed by atoms with Crippen LogP contribution in [0.4, 0.5) is 0 Å². The highest BCUT2D eigenvalue weighted by molar-refractivity contribution is 7.26. The molecule has 6 rings (SSSR count). The molecule has 0 fully saturated rings. The molecule has 2 aromatic heterocycles. The van der Waals surface area contributed by atoms with Crippen LogP contribution in [0.5, 0.6) is 0 Å². The Balaban J connectivity index is 1.07. The summed E-state index contributed by atoms with van der Waals surface area (Å²) < 4.78 is 2.85. The van der Waals surface area contributed by atoms with Crippen LogP contribution in [0.15, 0.2) is 60.7 Å². The molecule has 0 aliphatic heterocycles. The molecule has 0 aliphatic rings. The molecule has 1 nitrogen and oxygen atoms in total. The Bertz CT molecular complexity index is 1730. The van der Waals surface area contributed by atoms with Crippen LogP contribution >= 0.6 is 11.3 Å². The fourth-order valence-corrected chi connectivity index (χ4v) is 9.26. The van der Waals surface area contributed by atoms with Gasteiger partial charge in [-0.25, -0.2) is 0 Å². The van der Waals surface area contributed by atoms with E-state index in [1.165, 1.54) is 205 Å². The van der Waals surface area contributed by atoms with E-state index in [0.717, 1.165) is 0 Å². The Labute approximate surface area is 294 Å². The third kappa shape index (κ3) is 8.84. The monoisotopic (exact) mass is 659 g/mol. The second-order valence-corrected chi connectivity index (χ2v) is 15.9. The Morgan fingerprint density at radius 2 is 0.854 bits per heavy atom. The van der Waals surface area contributed by atoms with Crippen molar-refractivity contribution in [2.75, 3.05) is 0 Å². The average molecular weight is 660 g/mol. The zero-order chi connectivity index (χ0) is 33.0. The topological polar surface area (TPSA) is 15.8 Å². The summed E-state index contributed by atoms with van der Waals surface area (Å²) in [6, 6.07) is 23.9. The molecule has 0 atom stereocenters. The maximum atomic E-state index is 3.82. The van der Waals surface area contributed by atoms with Crippen molar-refractivity contribution in [2.24, 2.45) is 0 Å². The van der Waals surface area contributed by atoms with Gasteiger partial charge in [-0.15, -0.1) is 11.3 Å². The van der Waals surface area contributed by atoms with E-state index in [4.69, 9.17) is 0 Å². The predicted molar refractivity (Wildman–Crippen MR) is 217 cm³/mol. The van der Waals surface area contributed by atoms with Gasteiger partial charge in [-0.1, -0.05) is 166 Å². The van der Waals surface area contributed by atoms with E-state index in [9.17, 15) is 0 Å². The van der Waals surface area contributed by atoms with Gasteiger partial charge in [-0.3, -0.25) is 0 Å². The average Bonchev–Trinajstić information content (AvgIpc) is 3.68. The first kappa shape index (κ1) is 35.0. The van der Waals surface area contributed by atoms with Crippen LogP contribution in [-0.2, 0) is 12.8 Å². The van der Waals surface area contributed by atoms with E-state index in [0.29, 0.717) is 0 Å². The van der Waals surface area contributed by atoms with Crippen molar-refractivity contribution in [3.63, 3.8) is 0 Å². The highest BCUT2D eigenvalue weighted by atomic mass is 32.1. The van der Waals surface area contributed by atoms with Crippen LogP contribution in [0.2, 0.25) is 0 Å². The molecular formula is C46H61NS. The van der Waals surface area contributed by atoms with Crippen molar-refractivity contribution in [1.29, 1.82) is 0 Å². The molecule has 4 aromatic carbocycles. The minimum Gasteiger partial charge on any atom is -0.354 e. The second-order valence-electron chi connectivity index (χ2n) is 14.8. The molecule has 6 aromatic rings. The van der Waals surface area contributed by atoms with E-state index >= 15 is 0 Å². The lowest BCUT2D eigenvalue weighted by Crippen LogP contribution is -1.87. The van der Waals surface area contributed by atoms with E-state index in [1.54, 1.807) is 0 Å². The van der Waals surface area contributed by atoms with E-state index in [1.807, 2.05) is 11.3 Å². The van der Waals surface area contributed by atoms with Crippen LogP contribution in [0.1, 0.15) is 153 Å². The first-order valence-electron chi connectivity index (χ1n) is 20.1. The van der Waals surface area contributed by atoms with Crippen molar-refractivity contribution in [3.05, 3.63) is 71.8 Å². The summed E-state index contributed by atoms with van der Waals surface area (Å²) in [6.45, 7) is 4.60. The zero-order valence-corrected chi connectivity index (χ0v) is 31.1. The molecule has 0 spiro atoms. The second kappa shape index (κ2) is 18.2. The Morgan fingerprint density at radius 1 is 0.417 bits per heavy atom. The number of thiophene rings is 1. The van der Waals surface area contributed by atoms with Gasteiger partial charge in [0.2, 0.25) is 0 Å². The van der Waals surface area contributed by atoms with E-state index in [2.05, 4.69) is 79.5 Å². The van der Waals surface area contributed by atoms with Crippen molar-refractivity contribution in [3.8, 4) is 0 Å². The summed E-state index contributed by atoms with van der Waals surface area (Å²) in [5.41, 5.74) is 5.54. The molecule has 0 saturated carbocycles. The van der Waals surface area contributed by atoms with Crippen LogP contribution in [0.25, 0.3) is 52.8 Å². The van der Waals surface area contributed by atoms with Crippen LogP contribution < -0.4 is 0 Å². The first-order valence-corrected chi connectivity index (χ1v) is 20.9. The van der Waals surface area contributed by atoms with Gasteiger partial charge in [0.1, 0.15) is 0 Å². The molecule has 0 radical (unpaired) electrons. The third-order valence-corrected chi connectivity index (χ3v) is 12.2. The van der Waals surface area contributed by atoms with Gasteiger partial charge in [0.05, 0.1) is 5.52 Å². The lowest BCUT2D eigenvalue weighted by Gasteiger charge is -2.04. The molecule has 0 aliphatic carbocycles. The van der Waals surface area contributed by atoms with Crippen LogP contribution in [0, 0.1) is 0 Å². The summed E-state index contributed by atoms with van der Waals surface area (Å²) in [5.74, 6) is 0. The lowest BCUT2D eigenvalue weighted by atomic mass is 10.00. The number of rotatable bonds is 22. The normalized spacial score (nSPS) is 12.1. The largest absolute Gasteiger partial charge is 0.354 e. The number of hydrogen-bond donors (Lipinski definition) is 1. The zero-order valence-electron chi connectivity index (χ0n) is 30.2. The molecular weight excluding hydrogens is 599 g/mol. The molecule has 2 heteroatoms. The fourth-order valence-electron chi connectivity index (χ4n) is 8.05. The van der Waals surface area contributed by atoms with Gasteiger partial charge in [-0.05, 0) is 61.1 Å². The molecule has 0 amide bonds. The summed E-state index contributed by atoms with van der Waals surface area (Å²) in [7, 11) is 0. The summed E-state index contributed by atoms with van der Waals surface area (Å²) >= 11 is 1.97. The highest BCUT2D eigenvalue weighted by Gasteiger charge is 2.14. The number of aromatic nitrogens is 1. The molecule has 1 N–H and O–H groups in total. The summed E-state index contributed by atoms with van der Waals surface area (Å²) in [6.07, 6.45) is 30.3.